The number of benzene rings is 4. The molecule has 4 aromatic carbocycles. The summed E-state index contributed by atoms with van der Waals surface area (Å²) in [5.74, 6) is -0.865. The van der Waals surface area contributed by atoms with Crippen LogP contribution in [0.1, 0.15) is 37.4 Å². The highest BCUT2D eigenvalue weighted by molar-refractivity contribution is 8.18. The Morgan fingerprint density at radius 1 is 0.844 bits per heavy atom. The summed E-state index contributed by atoms with van der Waals surface area (Å²) in [5.41, 5.74) is 2.87. The molecule has 1 saturated heterocycles. The lowest BCUT2D eigenvalue weighted by molar-refractivity contribution is -0.122. The van der Waals surface area contributed by atoms with Crippen molar-refractivity contribution in [2.24, 2.45) is 4.99 Å². The second-order valence-corrected chi connectivity index (χ2v) is 10.8. The van der Waals surface area contributed by atoms with Crippen molar-refractivity contribution in [3.8, 4) is 17.2 Å². The highest BCUT2D eigenvalue weighted by Gasteiger charge is 2.34. The van der Waals surface area contributed by atoms with Crippen molar-refractivity contribution in [3.63, 3.8) is 0 Å². The number of carbonyl (C=O) groups is 3. The number of nitrogens with zero attached hydrogens (tertiary/aromatic N) is 2. The first-order chi connectivity index (χ1) is 21.7. The van der Waals surface area contributed by atoms with Crippen LogP contribution in [-0.4, -0.2) is 52.3 Å². The van der Waals surface area contributed by atoms with Gasteiger partial charge in [-0.3, -0.25) is 9.69 Å². The van der Waals surface area contributed by atoms with Crippen molar-refractivity contribution >= 4 is 46.5 Å². The van der Waals surface area contributed by atoms with Crippen LogP contribution >= 0.6 is 11.8 Å². The quantitative estimate of drug-likeness (QED) is 0.180. The highest BCUT2D eigenvalue weighted by atomic mass is 32.2. The second-order valence-electron chi connectivity index (χ2n) is 9.77. The maximum Gasteiger partial charge on any atom is 0.335 e. The first-order valence-corrected chi connectivity index (χ1v) is 14.5. The summed E-state index contributed by atoms with van der Waals surface area (Å²) in [6.07, 6.45) is 1.70. The number of aliphatic imine (C=N–C) groups is 1. The van der Waals surface area contributed by atoms with Crippen LogP contribution in [0.15, 0.2) is 101 Å². The van der Waals surface area contributed by atoms with Crippen molar-refractivity contribution in [2.75, 3.05) is 14.2 Å². The fourth-order valence-corrected chi connectivity index (χ4v) is 5.47. The van der Waals surface area contributed by atoms with E-state index >= 15 is 0 Å². The van der Waals surface area contributed by atoms with E-state index in [4.69, 9.17) is 19.2 Å². The SMILES string of the molecule is COc1ccc(N=C2S/C(=C\c3cccc(OC)c3OCc3cccc(C(=O)O)c3)C(=O)N2Cc2ccc(C(=O)O)cc2)cc1. The van der Waals surface area contributed by atoms with Crippen molar-refractivity contribution in [2.45, 2.75) is 13.2 Å². The summed E-state index contributed by atoms with van der Waals surface area (Å²) in [7, 11) is 3.08. The van der Waals surface area contributed by atoms with Gasteiger partial charge in [-0.05, 0) is 83.6 Å². The summed E-state index contributed by atoms with van der Waals surface area (Å²) < 4.78 is 16.9. The van der Waals surface area contributed by atoms with Gasteiger partial charge in [0, 0.05) is 5.56 Å². The molecule has 10 nitrogen and oxygen atoms in total. The molecule has 0 spiro atoms. The number of ether oxygens (including phenoxy) is 3. The molecule has 0 aromatic heterocycles. The lowest BCUT2D eigenvalue weighted by Gasteiger charge is -2.16. The van der Waals surface area contributed by atoms with Crippen LogP contribution in [0.5, 0.6) is 17.2 Å². The fourth-order valence-electron chi connectivity index (χ4n) is 4.49. The molecule has 0 radical (unpaired) electrons. The van der Waals surface area contributed by atoms with Crippen LogP contribution in [0.25, 0.3) is 6.08 Å². The maximum absolute atomic E-state index is 13.9. The van der Waals surface area contributed by atoms with Crippen LogP contribution in [0.4, 0.5) is 5.69 Å². The zero-order valence-corrected chi connectivity index (χ0v) is 25.1. The van der Waals surface area contributed by atoms with E-state index in [2.05, 4.69) is 0 Å². The van der Waals surface area contributed by atoms with Crippen molar-refractivity contribution in [3.05, 3.63) is 124 Å². The number of carbonyl (C=O) groups excluding carboxylic acids is 1. The third kappa shape index (κ3) is 7.34. The fraction of sp³-hybridized carbons (Fsp3) is 0.118. The molecular formula is C34H28N2O8S. The number of amides is 1. The molecule has 1 amide bonds. The number of methoxy groups -OCH3 is 2. The van der Waals surface area contributed by atoms with E-state index in [1.807, 2.05) is 0 Å². The second kappa shape index (κ2) is 13.8. The van der Waals surface area contributed by atoms with Crippen LogP contribution in [0.2, 0.25) is 0 Å². The Labute approximate surface area is 263 Å². The molecule has 0 aliphatic carbocycles. The van der Waals surface area contributed by atoms with E-state index in [1.165, 1.54) is 48.0 Å². The van der Waals surface area contributed by atoms with Gasteiger partial charge in [0.2, 0.25) is 0 Å². The smallest absolute Gasteiger partial charge is 0.335 e. The van der Waals surface area contributed by atoms with Gasteiger partial charge in [0.05, 0.1) is 42.5 Å². The largest absolute Gasteiger partial charge is 0.497 e. The van der Waals surface area contributed by atoms with E-state index < -0.39 is 11.9 Å². The van der Waals surface area contributed by atoms with E-state index in [-0.39, 0.29) is 30.2 Å². The van der Waals surface area contributed by atoms with Gasteiger partial charge in [0.1, 0.15) is 12.4 Å². The summed E-state index contributed by atoms with van der Waals surface area (Å²) in [6, 6.07) is 25.2. The number of carboxylic acid groups (broad SMARTS) is 2. The van der Waals surface area contributed by atoms with Crippen molar-refractivity contribution in [1.29, 1.82) is 0 Å². The van der Waals surface area contributed by atoms with Gasteiger partial charge in [-0.25, -0.2) is 14.6 Å². The molecular weight excluding hydrogens is 596 g/mol. The molecule has 5 rings (SSSR count). The van der Waals surface area contributed by atoms with Gasteiger partial charge in [0.25, 0.3) is 5.91 Å². The Hall–Kier alpha value is -5.55. The Morgan fingerprint density at radius 2 is 1.56 bits per heavy atom. The third-order valence-corrected chi connectivity index (χ3v) is 7.81. The Bertz CT molecular complexity index is 1800. The Balaban J connectivity index is 1.48. The molecule has 1 aliphatic rings. The number of aromatic carboxylic acids is 2. The number of para-hydroxylation sites is 1. The zero-order valence-electron chi connectivity index (χ0n) is 24.3. The predicted molar refractivity (Wildman–Crippen MR) is 170 cm³/mol. The molecule has 4 aromatic rings. The van der Waals surface area contributed by atoms with E-state index in [1.54, 1.807) is 79.9 Å². The molecule has 1 heterocycles. The van der Waals surface area contributed by atoms with Crippen LogP contribution < -0.4 is 14.2 Å². The molecule has 0 atom stereocenters. The summed E-state index contributed by atoms with van der Waals surface area (Å²) in [4.78, 5) is 43.3. The average molecular weight is 625 g/mol. The molecule has 1 fully saturated rings. The predicted octanol–water partition coefficient (Wildman–Crippen LogP) is 6.48. The van der Waals surface area contributed by atoms with Gasteiger partial charge >= 0.3 is 11.9 Å². The average Bonchev–Trinajstić information content (AvgIpc) is 3.33. The molecule has 45 heavy (non-hydrogen) atoms. The molecule has 0 bridgehead atoms. The number of amidine groups is 1. The molecule has 11 heteroatoms. The van der Waals surface area contributed by atoms with E-state index in [0.717, 1.165) is 5.56 Å². The number of hydrogen-bond donors (Lipinski definition) is 2. The topological polar surface area (TPSA) is 135 Å². The van der Waals surface area contributed by atoms with Crippen LogP contribution in [0, 0.1) is 0 Å². The lowest BCUT2D eigenvalue weighted by Crippen LogP contribution is -2.28. The molecule has 0 saturated carbocycles. The van der Waals surface area contributed by atoms with E-state index in [9.17, 15) is 24.6 Å². The lowest BCUT2D eigenvalue weighted by atomic mass is 10.1. The highest BCUT2D eigenvalue weighted by Crippen LogP contribution is 2.39. The molecule has 228 valence electrons. The van der Waals surface area contributed by atoms with Gasteiger partial charge in [-0.15, -0.1) is 0 Å². The minimum absolute atomic E-state index is 0.0708. The zero-order chi connectivity index (χ0) is 31.9. The minimum Gasteiger partial charge on any atom is -0.497 e. The summed E-state index contributed by atoms with van der Waals surface area (Å²) in [6.45, 7) is 0.237. The van der Waals surface area contributed by atoms with E-state index in [0.29, 0.717) is 44.1 Å². The minimum atomic E-state index is -1.04. The third-order valence-electron chi connectivity index (χ3n) is 6.80. The van der Waals surface area contributed by atoms with Gasteiger partial charge < -0.3 is 24.4 Å². The van der Waals surface area contributed by atoms with Crippen LogP contribution in [0.3, 0.4) is 0 Å². The Morgan fingerprint density at radius 3 is 2.22 bits per heavy atom. The normalized spacial score (nSPS) is 14.5. The number of carboxylic acids is 2. The number of thioether (sulfide) groups is 1. The molecule has 1 aliphatic heterocycles. The van der Waals surface area contributed by atoms with Gasteiger partial charge in [0.15, 0.2) is 16.7 Å². The van der Waals surface area contributed by atoms with Crippen molar-refractivity contribution in [1.82, 2.24) is 4.90 Å². The number of rotatable bonds is 11. The number of hydrogen-bond acceptors (Lipinski definition) is 8. The first kappa shape index (κ1) is 30.9. The van der Waals surface area contributed by atoms with Gasteiger partial charge in [-0.1, -0.05) is 36.4 Å². The summed E-state index contributed by atoms with van der Waals surface area (Å²) in [5, 5.41) is 19.1. The van der Waals surface area contributed by atoms with Gasteiger partial charge in [-0.2, -0.15) is 0 Å². The molecule has 0 unspecified atom stereocenters. The Kier molecular flexibility index (Phi) is 9.49. The van der Waals surface area contributed by atoms with Crippen molar-refractivity contribution < 1.29 is 38.8 Å². The maximum atomic E-state index is 13.9. The van der Waals surface area contributed by atoms with Crippen LogP contribution in [-0.2, 0) is 17.9 Å². The summed E-state index contributed by atoms with van der Waals surface area (Å²) >= 11 is 1.20. The molecule has 2 N–H and O–H groups in total. The standard InChI is InChI=1S/C34H28N2O8S/c1-42-27-15-13-26(14-16-27)35-34-36(19-21-9-11-23(12-10-21)32(38)39)31(37)29(45-34)18-24-6-4-8-28(43-2)30(24)44-20-22-5-3-7-25(17-22)33(40)41/h3-18H,19-20H2,1-2H3,(H,38,39)(H,40,41)/b29-18-,35-34?. The first-order valence-electron chi connectivity index (χ1n) is 13.6. The monoisotopic (exact) mass is 624 g/mol.